The number of rotatable bonds is 13. The summed E-state index contributed by atoms with van der Waals surface area (Å²) in [6.45, 7) is 15.5. The Balaban J connectivity index is 0.00000924. The molecule has 8 nitrogen and oxygen atoms in total. The average molecular weight is 616 g/mol. The quantitative estimate of drug-likeness (QED) is 0.253. The second-order valence-electron chi connectivity index (χ2n) is 12.9. The summed E-state index contributed by atoms with van der Waals surface area (Å²) >= 11 is 0. The lowest BCUT2D eigenvalue weighted by Crippen LogP contribution is -2.61. The van der Waals surface area contributed by atoms with E-state index in [4.69, 9.17) is 4.74 Å². The standard InChI is InChI=1S/C34H49N3O5.ClH/c1-22(2)27(20-23(3)32(40)41)37(10)31(39)29(33(4,5)6)36-30(38)28(35-9)34(7,8)25-16-18-26(19-17-25)42-21-24-14-12-11-13-15-24;/h11-20,22,27-29,35H,21H2,1-10H3,(H,36,38)(H,40,41);1H/b23-20+;/t27-,28-,29?;/m1./s1. The van der Waals surface area contributed by atoms with Gasteiger partial charge in [-0.15, -0.1) is 12.4 Å². The molecule has 0 saturated heterocycles. The van der Waals surface area contributed by atoms with E-state index >= 15 is 0 Å². The van der Waals surface area contributed by atoms with Gasteiger partial charge < -0.3 is 25.4 Å². The Kier molecular flexibility index (Phi) is 13.9. The summed E-state index contributed by atoms with van der Waals surface area (Å²) in [5.41, 5.74) is 0.951. The monoisotopic (exact) mass is 615 g/mol. The van der Waals surface area contributed by atoms with Crippen LogP contribution in [0.3, 0.4) is 0 Å². The van der Waals surface area contributed by atoms with E-state index in [0.29, 0.717) is 6.61 Å². The maximum absolute atomic E-state index is 13.9. The van der Waals surface area contributed by atoms with Crippen molar-refractivity contribution in [2.24, 2.45) is 11.3 Å². The van der Waals surface area contributed by atoms with Crippen LogP contribution in [0.4, 0.5) is 0 Å². The van der Waals surface area contributed by atoms with Crippen LogP contribution in [-0.4, -0.2) is 60.0 Å². The van der Waals surface area contributed by atoms with Gasteiger partial charge in [-0.05, 0) is 48.6 Å². The van der Waals surface area contributed by atoms with E-state index in [9.17, 15) is 19.5 Å². The molecule has 0 bridgehead atoms. The number of carbonyl (C=O) groups excluding carboxylic acids is 2. The Morgan fingerprint density at radius 1 is 0.953 bits per heavy atom. The fourth-order valence-electron chi connectivity index (χ4n) is 5.01. The molecule has 0 saturated carbocycles. The fourth-order valence-corrected chi connectivity index (χ4v) is 5.01. The van der Waals surface area contributed by atoms with Gasteiger partial charge in [-0.25, -0.2) is 4.79 Å². The topological polar surface area (TPSA) is 108 Å². The van der Waals surface area contributed by atoms with Gasteiger partial charge >= 0.3 is 5.97 Å². The highest BCUT2D eigenvalue weighted by Gasteiger charge is 2.41. The molecule has 0 aromatic heterocycles. The molecule has 2 aromatic rings. The lowest BCUT2D eigenvalue weighted by molar-refractivity contribution is -0.141. The normalized spacial score (nSPS) is 14.3. The predicted octanol–water partition coefficient (Wildman–Crippen LogP) is 5.60. The number of aliphatic carboxylic acids is 1. The van der Waals surface area contributed by atoms with Crippen LogP contribution in [0.15, 0.2) is 66.2 Å². The van der Waals surface area contributed by atoms with Crippen molar-refractivity contribution in [3.63, 3.8) is 0 Å². The number of benzene rings is 2. The van der Waals surface area contributed by atoms with Crippen molar-refractivity contribution in [3.05, 3.63) is 77.4 Å². The van der Waals surface area contributed by atoms with Gasteiger partial charge in [0.25, 0.3) is 0 Å². The molecule has 0 aliphatic heterocycles. The van der Waals surface area contributed by atoms with Gasteiger partial charge in [0.05, 0.1) is 12.1 Å². The van der Waals surface area contributed by atoms with Crippen molar-refractivity contribution in [2.75, 3.05) is 14.1 Å². The van der Waals surface area contributed by atoms with Gasteiger partial charge in [0, 0.05) is 18.0 Å². The van der Waals surface area contributed by atoms with Gasteiger partial charge in [0.15, 0.2) is 0 Å². The van der Waals surface area contributed by atoms with Crippen molar-refractivity contribution >= 4 is 30.2 Å². The molecule has 0 spiro atoms. The van der Waals surface area contributed by atoms with Crippen molar-refractivity contribution in [2.45, 2.75) is 85.5 Å². The first-order valence-electron chi connectivity index (χ1n) is 14.4. The molecule has 3 N–H and O–H groups in total. The maximum atomic E-state index is 13.9. The van der Waals surface area contributed by atoms with Crippen LogP contribution in [0.5, 0.6) is 5.75 Å². The number of nitrogens with one attached hydrogen (secondary N) is 2. The number of carboxylic acids is 1. The van der Waals surface area contributed by atoms with E-state index in [1.54, 1.807) is 25.1 Å². The number of carbonyl (C=O) groups is 3. The molecule has 238 valence electrons. The molecule has 0 radical (unpaired) electrons. The third-order valence-electron chi connectivity index (χ3n) is 7.75. The Hall–Kier alpha value is -3.36. The second kappa shape index (κ2) is 15.9. The van der Waals surface area contributed by atoms with Crippen molar-refractivity contribution < 1.29 is 24.2 Å². The van der Waals surface area contributed by atoms with Gasteiger partial charge in [0.1, 0.15) is 18.4 Å². The van der Waals surface area contributed by atoms with Crippen molar-refractivity contribution in [1.29, 1.82) is 0 Å². The van der Waals surface area contributed by atoms with Crippen LogP contribution >= 0.6 is 12.4 Å². The van der Waals surface area contributed by atoms with Gasteiger partial charge in [-0.1, -0.05) is 97.0 Å². The molecule has 0 aliphatic carbocycles. The first kappa shape index (κ1) is 37.7. The smallest absolute Gasteiger partial charge is 0.331 e. The molecule has 3 atom stereocenters. The van der Waals surface area contributed by atoms with Gasteiger partial charge in [-0.2, -0.15) is 0 Å². The molecule has 0 aliphatic rings. The minimum absolute atomic E-state index is 0. The minimum atomic E-state index is -1.03. The van der Waals surface area contributed by atoms with E-state index in [0.717, 1.165) is 16.9 Å². The lowest BCUT2D eigenvalue weighted by atomic mass is 9.76. The fraction of sp³-hybridized carbons (Fsp3) is 0.500. The SMILES string of the molecule is CN[C@H](C(=O)NC(C(=O)N(C)[C@H](/C=C(\C)C(=O)O)C(C)C)C(C)(C)C)C(C)(C)c1ccc(OCc2ccccc2)cc1.Cl. The number of ether oxygens (including phenoxy) is 1. The zero-order valence-electron chi connectivity index (χ0n) is 27.2. The zero-order valence-corrected chi connectivity index (χ0v) is 28.0. The largest absolute Gasteiger partial charge is 0.489 e. The molecule has 2 aromatic carbocycles. The van der Waals surface area contributed by atoms with E-state index in [1.165, 1.54) is 6.92 Å². The van der Waals surface area contributed by atoms with E-state index in [-0.39, 0.29) is 35.7 Å². The summed E-state index contributed by atoms with van der Waals surface area (Å²) in [6, 6.07) is 15.7. The summed E-state index contributed by atoms with van der Waals surface area (Å²) in [5, 5.41) is 15.6. The highest BCUT2D eigenvalue weighted by molar-refractivity contribution is 5.91. The van der Waals surface area contributed by atoms with Crippen molar-refractivity contribution in [1.82, 2.24) is 15.5 Å². The van der Waals surface area contributed by atoms with Gasteiger partial charge in [-0.3, -0.25) is 9.59 Å². The Bertz CT molecular complexity index is 1240. The van der Waals surface area contributed by atoms with Crippen LogP contribution in [0.25, 0.3) is 0 Å². The number of carboxylic acid groups (broad SMARTS) is 1. The Morgan fingerprint density at radius 3 is 1.98 bits per heavy atom. The first-order valence-corrected chi connectivity index (χ1v) is 14.4. The molecule has 0 fully saturated rings. The predicted molar refractivity (Wildman–Crippen MR) is 175 cm³/mol. The molecule has 9 heteroatoms. The number of hydrogen-bond acceptors (Lipinski definition) is 5. The van der Waals surface area contributed by atoms with E-state index < -0.39 is 34.9 Å². The molecule has 0 heterocycles. The third kappa shape index (κ3) is 10.1. The molecular weight excluding hydrogens is 566 g/mol. The molecule has 1 unspecified atom stereocenters. The summed E-state index contributed by atoms with van der Waals surface area (Å²) in [7, 11) is 3.39. The summed E-state index contributed by atoms with van der Waals surface area (Å²) in [6.07, 6.45) is 1.60. The number of likely N-dealkylation sites (N-methyl/N-ethyl adjacent to an activating group) is 2. The van der Waals surface area contributed by atoms with Crippen LogP contribution in [-0.2, 0) is 26.4 Å². The van der Waals surface area contributed by atoms with Crippen molar-refractivity contribution in [3.8, 4) is 5.75 Å². The third-order valence-corrected chi connectivity index (χ3v) is 7.75. The molecule has 43 heavy (non-hydrogen) atoms. The average Bonchev–Trinajstić information content (AvgIpc) is 2.92. The number of nitrogens with zero attached hydrogens (tertiary/aromatic N) is 1. The molecule has 2 rings (SSSR count). The number of halogens is 1. The number of hydrogen-bond donors (Lipinski definition) is 3. The lowest BCUT2D eigenvalue weighted by Gasteiger charge is -2.40. The van der Waals surface area contributed by atoms with Crippen LogP contribution < -0.4 is 15.4 Å². The van der Waals surface area contributed by atoms with Crippen LogP contribution in [0, 0.1) is 11.3 Å². The highest BCUT2D eigenvalue weighted by Crippen LogP contribution is 2.30. The maximum Gasteiger partial charge on any atom is 0.331 e. The summed E-state index contributed by atoms with van der Waals surface area (Å²) in [5.74, 6) is -0.911. The molecule has 2 amide bonds. The zero-order chi connectivity index (χ0) is 31.8. The minimum Gasteiger partial charge on any atom is -0.489 e. The Labute approximate surface area is 263 Å². The van der Waals surface area contributed by atoms with Crippen LogP contribution in [0.2, 0.25) is 0 Å². The van der Waals surface area contributed by atoms with Crippen LogP contribution in [0.1, 0.15) is 66.5 Å². The van der Waals surface area contributed by atoms with Gasteiger partial charge in [0.2, 0.25) is 11.8 Å². The molecular formula is C34H50ClN3O5. The highest BCUT2D eigenvalue weighted by atomic mass is 35.5. The first-order chi connectivity index (χ1) is 19.5. The Morgan fingerprint density at radius 2 is 1.51 bits per heavy atom. The summed E-state index contributed by atoms with van der Waals surface area (Å²) < 4.78 is 5.93. The second-order valence-corrected chi connectivity index (χ2v) is 12.9. The van der Waals surface area contributed by atoms with E-state index in [1.807, 2.05) is 103 Å². The number of amides is 2. The van der Waals surface area contributed by atoms with E-state index in [2.05, 4.69) is 10.6 Å². The summed E-state index contributed by atoms with van der Waals surface area (Å²) in [4.78, 5) is 40.7.